The second kappa shape index (κ2) is 11.5. The molecule has 2 aliphatic heterocycles. The van der Waals surface area contributed by atoms with Gasteiger partial charge in [0.15, 0.2) is 5.78 Å². The van der Waals surface area contributed by atoms with Crippen LogP contribution in [0.4, 0.5) is 4.79 Å². The SMILES string of the molecule is CC.Cc1cc(O)cc(C(=O)C2CCN(C(=O)C3CCN(C(=O)OC(C)(C)C)CC3)CC2)c1. The van der Waals surface area contributed by atoms with Gasteiger partial charge in [-0.05, 0) is 77.1 Å². The number of ether oxygens (including phenoxy) is 1. The minimum Gasteiger partial charge on any atom is -0.508 e. The standard InChI is InChI=1S/C24H34N2O5.C2H6/c1-16-13-19(15-20(27)14-16)21(28)17-5-9-25(10-6-17)22(29)18-7-11-26(12-8-18)23(30)31-24(2,3)4;1-2/h13-15,17-18,27H,5-12H2,1-4H3;1-2H3. The number of Topliss-reactive ketones (excluding diaryl/α,β-unsaturated/α-hetero) is 1. The van der Waals surface area contributed by atoms with Crippen LogP contribution in [0.2, 0.25) is 0 Å². The number of carbonyl (C=O) groups excluding carboxylic acids is 3. The number of ketones is 1. The molecule has 0 spiro atoms. The predicted molar refractivity (Wildman–Crippen MR) is 128 cm³/mol. The van der Waals surface area contributed by atoms with Crippen molar-refractivity contribution in [3.05, 3.63) is 29.3 Å². The van der Waals surface area contributed by atoms with Gasteiger partial charge in [0.25, 0.3) is 0 Å². The minimum atomic E-state index is -0.525. The van der Waals surface area contributed by atoms with Crippen LogP contribution in [0.1, 0.15) is 76.2 Å². The van der Waals surface area contributed by atoms with Crippen LogP contribution in [-0.2, 0) is 9.53 Å². The molecule has 33 heavy (non-hydrogen) atoms. The molecule has 0 bridgehead atoms. The highest BCUT2D eigenvalue weighted by Crippen LogP contribution is 2.27. The van der Waals surface area contributed by atoms with Gasteiger partial charge in [-0.2, -0.15) is 0 Å². The normalized spacial score (nSPS) is 17.8. The molecular weight excluding hydrogens is 420 g/mol. The lowest BCUT2D eigenvalue weighted by Crippen LogP contribution is -2.47. The van der Waals surface area contributed by atoms with Crippen molar-refractivity contribution in [3.8, 4) is 5.75 Å². The van der Waals surface area contributed by atoms with E-state index in [0.29, 0.717) is 57.4 Å². The van der Waals surface area contributed by atoms with E-state index in [1.165, 1.54) is 6.07 Å². The fraction of sp³-hybridized carbons (Fsp3) is 0.654. The molecule has 0 atom stereocenters. The topological polar surface area (TPSA) is 87.2 Å². The van der Waals surface area contributed by atoms with Gasteiger partial charge in [-0.25, -0.2) is 4.79 Å². The van der Waals surface area contributed by atoms with Crippen molar-refractivity contribution >= 4 is 17.8 Å². The van der Waals surface area contributed by atoms with E-state index < -0.39 is 5.60 Å². The molecule has 2 heterocycles. The van der Waals surface area contributed by atoms with Crippen LogP contribution < -0.4 is 0 Å². The maximum Gasteiger partial charge on any atom is 0.410 e. The quantitative estimate of drug-likeness (QED) is 0.655. The minimum absolute atomic E-state index is 0.0387. The predicted octanol–water partition coefficient (Wildman–Crippen LogP) is 4.80. The molecule has 7 heteroatoms. The number of rotatable bonds is 3. The van der Waals surface area contributed by atoms with Gasteiger partial charge in [0.2, 0.25) is 5.91 Å². The first kappa shape index (κ1) is 26.7. The van der Waals surface area contributed by atoms with Gasteiger partial charge in [-0.1, -0.05) is 13.8 Å². The van der Waals surface area contributed by atoms with Crippen LogP contribution in [0.5, 0.6) is 5.75 Å². The van der Waals surface area contributed by atoms with Crippen LogP contribution in [0.15, 0.2) is 18.2 Å². The number of benzene rings is 1. The monoisotopic (exact) mass is 460 g/mol. The molecule has 3 rings (SSSR count). The van der Waals surface area contributed by atoms with Gasteiger partial charge < -0.3 is 19.6 Å². The van der Waals surface area contributed by atoms with Crippen molar-refractivity contribution in [2.75, 3.05) is 26.2 Å². The molecule has 1 aromatic rings. The maximum atomic E-state index is 13.0. The summed E-state index contributed by atoms with van der Waals surface area (Å²) in [7, 11) is 0. The maximum absolute atomic E-state index is 13.0. The molecule has 7 nitrogen and oxygen atoms in total. The van der Waals surface area contributed by atoms with Gasteiger partial charge in [0, 0.05) is 43.6 Å². The zero-order valence-electron chi connectivity index (χ0n) is 21.0. The van der Waals surface area contributed by atoms with Crippen molar-refractivity contribution in [1.82, 2.24) is 9.80 Å². The molecule has 2 saturated heterocycles. The number of phenols is 1. The molecular formula is C26H40N2O5. The van der Waals surface area contributed by atoms with Crippen molar-refractivity contribution in [1.29, 1.82) is 0 Å². The summed E-state index contributed by atoms with van der Waals surface area (Å²) in [6, 6.07) is 4.95. The fourth-order valence-electron chi connectivity index (χ4n) is 4.40. The Morgan fingerprint density at radius 3 is 1.91 bits per heavy atom. The number of hydrogen-bond acceptors (Lipinski definition) is 5. The lowest BCUT2D eigenvalue weighted by Gasteiger charge is -2.37. The number of piperidine rings is 2. The second-order valence-corrected chi connectivity index (χ2v) is 9.76. The summed E-state index contributed by atoms with van der Waals surface area (Å²) in [5, 5.41) is 9.77. The van der Waals surface area contributed by atoms with Crippen LogP contribution in [0.25, 0.3) is 0 Å². The fourth-order valence-corrected chi connectivity index (χ4v) is 4.40. The lowest BCUT2D eigenvalue weighted by atomic mass is 9.87. The number of phenolic OH excluding ortho intramolecular Hbond substituents is 1. The number of aryl methyl sites for hydroxylation is 1. The molecule has 2 aliphatic rings. The number of aromatic hydroxyl groups is 1. The Labute approximate surface area is 198 Å². The van der Waals surface area contributed by atoms with E-state index in [2.05, 4.69) is 0 Å². The molecule has 0 saturated carbocycles. The van der Waals surface area contributed by atoms with Crippen LogP contribution >= 0.6 is 0 Å². The molecule has 0 unspecified atom stereocenters. The van der Waals surface area contributed by atoms with Gasteiger partial charge in [-0.15, -0.1) is 0 Å². The number of amides is 2. The van der Waals surface area contributed by atoms with Gasteiger partial charge in [-0.3, -0.25) is 9.59 Å². The van der Waals surface area contributed by atoms with E-state index in [1.54, 1.807) is 17.0 Å². The lowest BCUT2D eigenvalue weighted by molar-refractivity contribution is -0.138. The molecule has 1 aromatic carbocycles. The highest BCUT2D eigenvalue weighted by atomic mass is 16.6. The summed E-state index contributed by atoms with van der Waals surface area (Å²) in [6.07, 6.45) is 2.23. The molecule has 1 N–H and O–H groups in total. The molecule has 2 amide bonds. The first-order chi connectivity index (χ1) is 15.5. The first-order valence-corrected chi connectivity index (χ1v) is 12.1. The summed E-state index contributed by atoms with van der Waals surface area (Å²) in [6.45, 7) is 13.6. The van der Waals surface area contributed by atoms with E-state index in [9.17, 15) is 19.5 Å². The Morgan fingerprint density at radius 1 is 0.879 bits per heavy atom. The second-order valence-electron chi connectivity index (χ2n) is 9.76. The van der Waals surface area contributed by atoms with E-state index in [-0.39, 0.29) is 35.4 Å². The highest BCUT2D eigenvalue weighted by Gasteiger charge is 2.34. The third-order valence-electron chi connectivity index (χ3n) is 6.02. The first-order valence-electron chi connectivity index (χ1n) is 12.1. The van der Waals surface area contributed by atoms with E-state index in [4.69, 9.17) is 4.74 Å². The summed E-state index contributed by atoms with van der Waals surface area (Å²) >= 11 is 0. The molecule has 0 radical (unpaired) electrons. The van der Waals surface area contributed by atoms with Crippen molar-refractivity contribution in [2.45, 2.75) is 72.8 Å². The Bertz CT molecular complexity index is 809. The van der Waals surface area contributed by atoms with E-state index >= 15 is 0 Å². The average molecular weight is 461 g/mol. The smallest absolute Gasteiger partial charge is 0.410 e. The molecule has 0 aromatic heterocycles. The van der Waals surface area contributed by atoms with Crippen LogP contribution in [-0.4, -0.2) is 64.5 Å². The number of hydrogen-bond donors (Lipinski definition) is 1. The summed E-state index contributed by atoms with van der Waals surface area (Å²) in [5.74, 6) is 0.0623. The Kier molecular flexibility index (Phi) is 9.32. The molecule has 2 fully saturated rings. The number of nitrogens with zero attached hydrogens (tertiary/aromatic N) is 2. The van der Waals surface area contributed by atoms with Gasteiger partial charge in [0.1, 0.15) is 11.4 Å². The summed E-state index contributed by atoms with van der Waals surface area (Å²) in [4.78, 5) is 41.5. The van der Waals surface area contributed by atoms with E-state index in [1.807, 2.05) is 46.4 Å². The Balaban J connectivity index is 0.00000187. The summed E-state index contributed by atoms with van der Waals surface area (Å²) < 4.78 is 5.42. The Hall–Kier alpha value is -2.57. The van der Waals surface area contributed by atoms with Crippen molar-refractivity contribution in [2.24, 2.45) is 11.8 Å². The largest absolute Gasteiger partial charge is 0.508 e. The third kappa shape index (κ3) is 7.47. The Morgan fingerprint density at radius 2 is 1.39 bits per heavy atom. The zero-order valence-corrected chi connectivity index (χ0v) is 21.0. The van der Waals surface area contributed by atoms with Gasteiger partial charge >= 0.3 is 6.09 Å². The van der Waals surface area contributed by atoms with E-state index in [0.717, 1.165) is 5.56 Å². The highest BCUT2D eigenvalue weighted by molar-refractivity contribution is 5.98. The van der Waals surface area contributed by atoms with Crippen molar-refractivity contribution < 1.29 is 24.2 Å². The van der Waals surface area contributed by atoms with Crippen LogP contribution in [0, 0.1) is 18.8 Å². The number of carbonyl (C=O) groups is 3. The molecule has 0 aliphatic carbocycles. The zero-order chi connectivity index (χ0) is 24.8. The molecule has 184 valence electrons. The number of likely N-dealkylation sites (tertiary alicyclic amines) is 2. The van der Waals surface area contributed by atoms with Crippen LogP contribution in [0.3, 0.4) is 0 Å². The third-order valence-corrected chi connectivity index (χ3v) is 6.02. The van der Waals surface area contributed by atoms with Gasteiger partial charge in [0.05, 0.1) is 0 Å². The summed E-state index contributed by atoms with van der Waals surface area (Å²) in [5.41, 5.74) is 0.869. The average Bonchev–Trinajstić information content (AvgIpc) is 2.78. The van der Waals surface area contributed by atoms with Crippen molar-refractivity contribution in [3.63, 3.8) is 0 Å².